The Morgan fingerprint density at radius 3 is 1.75 bits per heavy atom. The maximum absolute atomic E-state index is 11.4. The van der Waals surface area contributed by atoms with Crippen molar-refractivity contribution in [2.24, 2.45) is 10.8 Å². The first-order chi connectivity index (χ1) is 9.04. The quantitative estimate of drug-likeness (QED) is 0.824. The molecule has 0 amide bonds. The molecule has 0 radical (unpaired) electrons. The van der Waals surface area contributed by atoms with E-state index in [1.165, 1.54) is 0 Å². The maximum atomic E-state index is 11.4. The van der Waals surface area contributed by atoms with Crippen LogP contribution in [0.1, 0.15) is 47.1 Å². The highest BCUT2D eigenvalue weighted by Gasteiger charge is 2.53. The number of hydrogen-bond acceptors (Lipinski definition) is 2. The largest absolute Gasteiger partial charge is 0.498 e. The van der Waals surface area contributed by atoms with Crippen molar-refractivity contribution in [2.45, 2.75) is 47.1 Å². The summed E-state index contributed by atoms with van der Waals surface area (Å²) in [5, 5.41) is 11.4. The standard InChI is InChI=1S/C18H28O2/c1-16(2,3)18(19,17(4,5)6)15(20-7)13-14-11-9-8-10-12-14/h8-13,19H,1-7H3/b15-13-. The Hall–Kier alpha value is -1.28. The molecular weight excluding hydrogens is 248 g/mol. The van der Waals surface area contributed by atoms with Gasteiger partial charge in [0.2, 0.25) is 0 Å². The van der Waals surface area contributed by atoms with Crippen molar-refractivity contribution >= 4 is 6.08 Å². The van der Waals surface area contributed by atoms with Gasteiger partial charge in [0.25, 0.3) is 0 Å². The van der Waals surface area contributed by atoms with Crippen LogP contribution in [-0.4, -0.2) is 17.8 Å². The van der Waals surface area contributed by atoms with E-state index in [2.05, 4.69) is 0 Å². The van der Waals surface area contributed by atoms with E-state index in [1.807, 2.05) is 78.0 Å². The topological polar surface area (TPSA) is 29.5 Å². The average molecular weight is 276 g/mol. The maximum Gasteiger partial charge on any atom is 0.131 e. The van der Waals surface area contributed by atoms with Gasteiger partial charge in [0.05, 0.1) is 7.11 Å². The summed E-state index contributed by atoms with van der Waals surface area (Å²) in [5.74, 6) is 0.601. The van der Waals surface area contributed by atoms with Crippen LogP contribution in [0.5, 0.6) is 0 Å². The van der Waals surface area contributed by atoms with Crippen LogP contribution in [0, 0.1) is 10.8 Å². The van der Waals surface area contributed by atoms with Gasteiger partial charge in [-0.25, -0.2) is 0 Å². The zero-order chi connectivity index (χ0) is 15.6. The lowest BCUT2D eigenvalue weighted by Crippen LogP contribution is -2.54. The van der Waals surface area contributed by atoms with Crippen molar-refractivity contribution in [3.05, 3.63) is 41.7 Å². The number of benzene rings is 1. The summed E-state index contributed by atoms with van der Waals surface area (Å²) >= 11 is 0. The molecule has 0 bridgehead atoms. The molecule has 0 heterocycles. The molecule has 0 saturated heterocycles. The molecule has 1 N–H and O–H groups in total. The van der Waals surface area contributed by atoms with Crippen LogP contribution in [0.25, 0.3) is 6.08 Å². The van der Waals surface area contributed by atoms with Gasteiger partial charge in [-0.2, -0.15) is 0 Å². The summed E-state index contributed by atoms with van der Waals surface area (Å²) in [4.78, 5) is 0. The molecule has 0 spiro atoms. The fourth-order valence-corrected chi connectivity index (χ4v) is 2.88. The molecule has 0 unspecified atom stereocenters. The van der Waals surface area contributed by atoms with Crippen LogP contribution in [0.3, 0.4) is 0 Å². The molecular formula is C18H28O2. The van der Waals surface area contributed by atoms with Crippen LogP contribution in [0.4, 0.5) is 0 Å². The fourth-order valence-electron chi connectivity index (χ4n) is 2.88. The molecule has 20 heavy (non-hydrogen) atoms. The van der Waals surface area contributed by atoms with Crippen LogP contribution >= 0.6 is 0 Å². The van der Waals surface area contributed by atoms with E-state index in [9.17, 15) is 5.11 Å². The van der Waals surface area contributed by atoms with Gasteiger partial charge in [0.1, 0.15) is 11.4 Å². The minimum atomic E-state index is -1.06. The molecule has 0 aliphatic carbocycles. The fraction of sp³-hybridized carbons (Fsp3) is 0.556. The first-order valence-corrected chi connectivity index (χ1v) is 7.07. The summed E-state index contributed by atoms with van der Waals surface area (Å²) in [6.07, 6.45) is 1.93. The zero-order valence-electron chi connectivity index (χ0n) is 13.8. The predicted molar refractivity (Wildman–Crippen MR) is 85.3 cm³/mol. The Balaban J connectivity index is 3.42. The molecule has 1 rings (SSSR count). The highest BCUT2D eigenvalue weighted by Crippen LogP contribution is 2.49. The molecule has 2 heteroatoms. The minimum Gasteiger partial charge on any atom is -0.498 e. The van der Waals surface area contributed by atoms with Crippen LogP contribution in [0.2, 0.25) is 0 Å². The Kier molecular flexibility index (Phi) is 4.70. The summed E-state index contributed by atoms with van der Waals surface area (Å²) in [6, 6.07) is 9.94. The SMILES string of the molecule is CO/C(=C\c1ccccc1)C(O)(C(C)(C)C)C(C)(C)C. The summed E-state index contributed by atoms with van der Waals surface area (Å²) in [6.45, 7) is 12.2. The number of ether oxygens (including phenoxy) is 1. The number of methoxy groups -OCH3 is 1. The molecule has 1 aromatic rings. The molecule has 0 aliphatic rings. The molecule has 0 atom stereocenters. The van der Waals surface area contributed by atoms with Crippen molar-refractivity contribution in [3.8, 4) is 0 Å². The lowest BCUT2D eigenvalue weighted by molar-refractivity contribution is -0.132. The Morgan fingerprint density at radius 2 is 1.40 bits per heavy atom. The number of aliphatic hydroxyl groups is 1. The molecule has 112 valence electrons. The first-order valence-electron chi connectivity index (χ1n) is 7.07. The molecule has 0 saturated carbocycles. The third-order valence-corrected chi connectivity index (χ3v) is 3.84. The average Bonchev–Trinajstić information content (AvgIpc) is 2.33. The van der Waals surface area contributed by atoms with Crippen LogP contribution < -0.4 is 0 Å². The van der Waals surface area contributed by atoms with E-state index in [0.717, 1.165) is 5.56 Å². The summed E-state index contributed by atoms with van der Waals surface area (Å²) in [5.41, 5.74) is -0.731. The molecule has 0 fully saturated rings. The van der Waals surface area contributed by atoms with Crippen LogP contribution in [0.15, 0.2) is 36.1 Å². The van der Waals surface area contributed by atoms with Gasteiger partial charge in [0.15, 0.2) is 0 Å². The van der Waals surface area contributed by atoms with E-state index in [1.54, 1.807) is 7.11 Å². The van der Waals surface area contributed by atoms with Gasteiger partial charge in [0, 0.05) is 0 Å². The van der Waals surface area contributed by atoms with Gasteiger partial charge >= 0.3 is 0 Å². The van der Waals surface area contributed by atoms with Crippen molar-refractivity contribution in [1.82, 2.24) is 0 Å². The van der Waals surface area contributed by atoms with E-state index in [0.29, 0.717) is 5.76 Å². The van der Waals surface area contributed by atoms with E-state index in [4.69, 9.17) is 4.74 Å². The Bertz CT molecular complexity index is 444. The van der Waals surface area contributed by atoms with Gasteiger partial charge in [-0.05, 0) is 22.5 Å². The Labute approximate surface area is 123 Å². The van der Waals surface area contributed by atoms with Crippen molar-refractivity contribution < 1.29 is 9.84 Å². The number of rotatable bonds is 3. The lowest BCUT2D eigenvalue weighted by Gasteiger charge is -2.49. The second-order valence-electron chi connectivity index (χ2n) is 7.33. The summed E-state index contributed by atoms with van der Waals surface area (Å²) in [7, 11) is 1.62. The predicted octanol–water partition coefficient (Wildman–Crippen LogP) is 4.50. The van der Waals surface area contributed by atoms with Crippen molar-refractivity contribution in [1.29, 1.82) is 0 Å². The monoisotopic (exact) mass is 276 g/mol. The highest BCUT2D eigenvalue weighted by molar-refractivity contribution is 5.54. The summed E-state index contributed by atoms with van der Waals surface area (Å²) < 4.78 is 5.58. The molecule has 0 aromatic heterocycles. The van der Waals surface area contributed by atoms with E-state index in [-0.39, 0.29) is 10.8 Å². The normalized spacial score (nSPS) is 14.3. The van der Waals surface area contributed by atoms with E-state index < -0.39 is 5.60 Å². The van der Waals surface area contributed by atoms with Gasteiger partial charge in [-0.3, -0.25) is 0 Å². The van der Waals surface area contributed by atoms with Crippen LogP contribution in [-0.2, 0) is 4.74 Å². The second kappa shape index (κ2) is 5.61. The molecule has 1 aromatic carbocycles. The van der Waals surface area contributed by atoms with Gasteiger partial charge in [-0.1, -0.05) is 71.9 Å². The van der Waals surface area contributed by atoms with Crippen molar-refractivity contribution in [2.75, 3.05) is 7.11 Å². The third-order valence-electron chi connectivity index (χ3n) is 3.84. The van der Waals surface area contributed by atoms with Crippen molar-refractivity contribution in [3.63, 3.8) is 0 Å². The minimum absolute atomic E-state index is 0.345. The first kappa shape index (κ1) is 16.8. The third kappa shape index (κ3) is 3.06. The smallest absolute Gasteiger partial charge is 0.131 e. The second-order valence-corrected chi connectivity index (χ2v) is 7.33. The zero-order valence-corrected chi connectivity index (χ0v) is 13.8. The Morgan fingerprint density at radius 1 is 0.950 bits per heavy atom. The van der Waals surface area contributed by atoms with Gasteiger partial charge < -0.3 is 9.84 Å². The van der Waals surface area contributed by atoms with E-state index >= 15 is 0 Å². The molecule has 2 nitrogen and oxygen atoms in total. The van der Waals surface area contributed by atoms with Gasteiger partial charge in [-0.15, -0.1) is 0 Å². The highest BCUT2D eigenvalue weighted by atomic mass is 16.5. The number of hydrogen-bond donors (Lipinski definition) is 1. The molecule has 0 aliphatic heterocycles. The lowest BCUT2D eigenvalue weighted by atomic mass is 9.61.